The van der Waals surface area contributed by atoms with Gasteiger partial charge < -0.3 is 0 Å². The molecule has 0 atom stereocenters. The molecule has 14 heavy (non-hydrogen) atoms. The second-order valence-electron chi connectivity index (χ2n) is 3.80. The molecule has 1 aromatic heterocycles. The zero-order valence-electron chi connectivity index (χ0n) is 8.40. The van der Waals surface area contributed by atoms with Gasteiger partial charge in [-0.2, -0.15) is 5.26 Å². The molecule has 1 heterocycles. The summed E-state index contributed by atoms with van der Waals surface area (Å²) in [5.41, 5.74) is 1.99. The van der Waals surface area contributed by atoms with Gasteiger partial charge in [-0.1, -0.05) is 12.1 Å². The molecule has 4 heteroatoms. The summed E-state index contributed by atoms with van der Waals surface area (Å²) >= 11 is 0. The van der Waals surface area contributed by atoms with Crippen LogP contribution in [-0.4, -0.2) is 15.0 Å². The van der Waals surface area contributed by atoms with Crippen molar-refractivity contribution in [3.63, 3.8) is 0 Å². The lowest BCUT2D eigenvalue weighted by Gasteiger charge is -2.03. The Morgan fingerprint density at radius 2 is 2.36 bits per heavy atom. The first-order chi connectivity index (χ1) is 6.85. The quantitative estimate of drug-likeness (QED) is 0.719. The van der Waals surface area contributed by atoms with Crippen LogP contribution >= 0.6 is 0 Å². The number of nitriles is 1. The first-order valence-electron chi connectivity index (χ1n) is 5.13. The molecule has 0 aliphatic heterocycles. The van der Waals surface area contributed by atoms with Gasteiger partial charge in [0.15, 0.2) is 0 Å². The standard InChI is InChI=1S/C10H14N4/c1-2-10-9(5-6-11)12-13-14(10)7-8-3-4-8/h8H,2-5,7H2,1H3. The molecule has 1 fully saturated rings. The SMILES string of the molecule is CCc1c(CC#N)nnn1CC1CC1. The van der Waals surface area contributed by atoms with E-state index in [-0.39, 0.29) is 0 Å². The topological polar surface area (TPSA) is 54.5 Å². The van der Waals surface area contributed by atoms with Crippen LogP contribution in [0.4, 0.5) is 0 Å². The maximum atomic E-state index is 8.62. The average Bonchev–Trinajstić information content (AvgIpc) is 2.90. The van der Waals surface area contributed by atoms with Crippen LogP contribution in [0, 0.1) is 17.2 Å². The van der Waals surface area contributed by atoms with Crippen molar-refractivity contribution in [2.75, 3.05) is 0 Å². The van der Waals surface area contributed by atoms with Crippen LogP contribution in [0.25, 0.3) is 0 Å². The molecule has 0 aromatic carbocycles. The van der Waals surface area contributed by atoms with E-state index >= 15 is 0 Å². The molecule has 0 amide bonds. The van der Waals surface area contributed by atoms with Gasteiger partial charge in [-0.25, -0.2) is 4.68 Å². The van der Waals surface area contributed by atoms with Crippen molar-refractivity contribution in [3.05, 3.63) is 11.4 Å². The third-order valence-electron chi connectivity index (χ3n) is 2.63. The average molecular weight is 190 g/mol. The van der Waals surface area contributed by atoms with E-state index in [4.69, 9.17) is 5.26 Å². The fourth-order valence-electron chi connectivity index (χ4n) is 1.66. The molecule has 0 unspecified atom stereocenters. The molecule has 0 saturated heterocycles. The van der Waals surface area contributed by atoms with Crippen LogP contribution in [0.15, 0.2) is 0 Å². The van der Waals surface area contributed by atoms with E-state index in [0.717, 1.165) is 30.3 Å². The highest BCUT2D eigenvalue weighted by Gasteiger charge is 2.24. The zero-order valence-corrected chi connectivity index (χ0v) is 8.40. The van der Waals surface area contributed by atoms with E-state index in [1.165, 1.54) is 12.8 Å². The fourth-order valence-corrected chi connectivity index (χ4v) is 1.66. The van der Waals surface area contributed by atoms with Gasteiger partial charge in [0.1, 0.15) is 0 Å². The summed E-state index contributed by atoms with van der Waals surface area (Å²) in [5, 5.41) is 16.8. The summed E-state index contributed by atoms with van der Waals surface area (Å²) in [6.45, 7) is 3.07. The first kappa shape index (κ1) is 9.20. The van der Waals surface area contributed by atoms with Crippen molar-refractivity contribution < 1.29 is 0 Å². The Morgan fingerprint density at radius 1 is 1.57 bits per heavy atom. The van der Waals surface area contributed by atoms with Crippen molar-refractivity contribution in [1.29, 1.82) is 5.26 Å². The van der Waals surface area contributed by atoms with Crippen molar-refractivity contribution in [1.82, 2.24) is 15.0 Å². The summed E-state index contributed by atoms with van der Waals surface area (Å²) in [5.74, 6) is 0.803. The van der Waals surface area contributed by atoms with Crippen molar-refractivity contribution in [2.24, 2.45) is 5.92 Å². The molecule has 1 aromatic rings. The zero-order chi connectivity index (χ0) is 9.97. The maximum Gasteiger partial charge on any atom is 0.0999 e. The predicted molar refractivity (Wildman–Crippen MR) is 51.4 cm³/mol. The maximum absolute atomic E-state index is 8.62. The second-order valence-corrected chi connectivity index (χ2v) is 3.80. The van der Waals surface area contributed by atoms with E-state index in [0.29, 0.717) is 6.42 Å². The lowest BCUT2D eigenvalue weighted by molar-refractivity contribution is 0.526. The summed E-state index contributed by atoms with van der Waals surface area (Å²) in [4.78, 5) is 0. The van der Waals surface area contributed by atoms with Crippen LogP contribution in [-0.2, 0) is 19.4 Å². The highest BCUT2D eigenvalue weighted by Crippen LogP contribution is 2.30. The van der Waals surface area contributed by atoms with Gasteiger partial charge >= 0.3 is 0 Å². The molecule has 0 bridgehead atoms. The van der Waals surface area contributed by atoms with Crippen LogP contribution < -0.4 is 0 Å². The smallest absolute Gasteiger partial charge is 0.0999 e. The van der Waals surface area contributed by atoms with Gasteiger partial charge in [0, 0.05) is 6.54 Å². The predicted octanol–water partition coefficient (Wildman–Crippen LogP) is 1.32. The number of aromatic nitrogens is 3. The van der Waals surface area contributed by atoms with Crippen LogP contribution in [0.3, 0.4) is 0 Å². The highest BCUT2D eigenvalue weighted by atomic mass is 15.4. The Labute approximate surface area is 83.5 Å². The fraction of sp³-hybridized carbons (Fsp3) is 0.700. The molecule has 4 nitrogen and oxygen atoms in total. The van der Waals surface area contributed by atoms with Crippen molar-refractivity contribution in [3.8, 4) is 6.07 Å². The van der Waals surface area contributed by atoms with Crippen LogP contribution in [0.5, 0.6) is 0 Å². The van der Waals surface area contributed by atoms with Gasteiger partial charge in [-0.15, -0.1) is 5.10 Å². The minimum Gasteiger partial charge on any atom is -0.249 e. The monoisotopic (exact) mass is 190 g/mol. The summed E-state index contributed by atoms with van der Waals surface area (Å²) in [6, 6.07) is 2.13. The Bertz CT molecular complexity index is 357. The van der Waals surface area contributed by atoms with E-state index < -0.39 is 0 Å². The Balaban J connectivity index is 2.17. The third kappa shape index (κ3) is 1.77. The third-order valence-corrected chi connectivity index (χ3v) is 2.63. The largest absolute Gasteiger partial charge is 0.249 e. The minimum absolute atomic E-state index is 0.383. The van der Waals surface area contributed by atoms with Crippen LogP contribution in [0.1, 0.15) is 31.2 Å². The molecule has 1 aliphatic rings. The lowest BCUT2D eigenvalue weighted by Crippen LogP contribution is -2.06. The molecule has 1 saturated carbocycles. The van der Waals surface area contributed by atoms with Gasteiger partial charge in [0.05, 0.1) is 23.9 Å². The number of nitrogens with zero attached hydrogens (tertiary/aromatic N) is 4. The van der Waals surface area contributed by atoms with Gasteiger partial charge in [-0.3, -0.25) is 0 Å². The molecular weight excluding hydrogens is 176 g/mol. The van der Waals surface area contributed by atoms with E-state index in [9.17, 15) is 0 Å². The van der Waals surface area contributed by atoms with Gasteiger partial charge in [0.25, 0.3) is 0 Å². The molecular formula is C10H14N4. The minimum atomic E-state index is 0.383. The second kappa shape index (κ2) is 3.79. The molecule has 1 aliphatic carbocycles. The molecule has 74 valence electrons. The number of hydrogen-bond donors (Lipinski definition) is 0. The summed E-state index contributed by atoms with van der Waals surface area (Å²) in [7, 11) is 0. The molecule has 0 N–H and O–H groups in total. The van der Waals surface area contributed by atoms with Crippen molar-refractivity contribution in [2.45, 2.75) is 39.2 Å². The Kier molecular flexibility index (Phi) is 2.49. The van der Waals surface area contributed by atoms with E-state index in [1.807, 2.05) is 4.68 Å². The molecule has 0 spiro atoms. The normalized spacial score (nSPS) is 15.4. The number of hydrogen-bond acceptors (Lipinski definition) is 3. The van der Waals surface area contributed by atoms with E-state index in [2.05, 4.69) is 23.3 Å². The van der Waals surface area contributed by atoms with Crippen LogP contribution in [0.2, 0.25) is 0 Å². The lowest BCUT2D eigenvalue weighted by atomic mass is 10.2. The Morgan fingerprint density at radius 3 is 2.93 bits per heavy atom. The highest BCUT2D eigenvalue weighted by molar-refractivity contribution is 5.14. The molecule has 2 rings (SSSR count). The molecule has 0 radical (unpaired) electrons. The Hall–Kier alpha value is -1.37. The van der Waals surface area contributed by atoms with Gasteiger partial charge in [-0.05, 0) is 25.2 Å². The van der Waals surface area contributed by atoms with Crippen molar-refractivity contribution >= 4 is 0 Å². The first-order valence-corrected chi connectivity index (χ1v) is 5.13. The summed E-state index contributed by atoms with van der Waals surface area (Å²) in [6.07, 6.45) is 3.93. The number of rotatable bonds is 4. The summed E-state index contributed by atoms with van der Waals surface area (Å²) < 4.78 is 1.98. The van der Waals surface area contributed by atoms with Gasteiger partial charge in [0.2, 0.25) is 0 Å². The van der Waals surface area contributed by atoms with E-state index in [1.54, 1.807) is 0 Å².